The molecule has 1 saturated carbocycles. The Morgan fingerprint density at radius 2 is 2.13 bits per heavy atom. The molecule has 156 valence electrons. The Hall–Kier alpha value is -2.54. The minimum atomic E-state index is -0.299. The lowest BCUT2D eigenvalue weighted by Crippen LogP contribution is -2.32. The third kappa shape index (κ3) is 3.45. The van der Waals surface area contributed by atoms with Gasteiger partial charge in [0, 0.05) is 25.6 Å². The van der Waals surface area contributed by atoms with Crippen LogP contribution in [0.5, 0.6) is 0 Å². The predicted molar refractivity (Wildman–Crippen MR) is 115 cm³/mol. The number of carbonyl (C=O) groups is 1. The predicted octanol–water partition coefficient (Wildman–Crippen LogP) is 4.44. The molecule has 2 aromatic heterocycles. The van der Waals surface area contributed by atoms with Gasteiger partial charge in [-0.25, -0.2) is 9.37 Å². The lowest BCUT2D eigenvalue weighted by molar-refractivity contribution is 0.0734. The van der Waals surface area contributed by atoms with E-state index in [0.29, 0.717) is 28.2 Å². The van der Waals surface area contributed by atoms with Crippen molar-refractivity contribution < 1.29 is 9.18 Å². The molecule has 0 radical (unpaired) electrons. The van der Waals surface area contributed by atoms with Crippen LogP contribution in [0.25, 0.3) is 10.2 Å². The lowest BCUT2D eigenvalue weighted by Gasteiger charge is -2.22. The number of amides is 1. The topological polar surface area (TPSA) is 55.2 Å². The van der Waals surface area contributed by atoms with Gasteiger partial charge in [-0.15, -0.1) is 11.3 Å². The number of hydrogen-bond acceptors (Lipinski definition) is 4. The van der Waals surface area contributed by atoms with Crippen molar-refractivity contribution in [2.24, 2.45) is 0 Å². The summed E-state index contributed by atoms with van der Waals surface area (Å²) in [5, 5.41) is 0.579. The first kappa shape index (κ1) is 19.4. The first-order chi connectivity index (χ1) is 14.5. The van der Waals surface area contributed by atoms with Gasteiger partial charge in [0.15, 0.2) is 0 Å². The van der Waals surface area contributed by atoms with Gasteiger partial charge in [-0.2, -0.15) is 0 Å². The van der Waals surface area contributed by atoms with Crippen LogP contribution in [0.4, 0.5) is 4.39 Å². The van der Waals surface area contributed by atoms with E-state index in [0.717, 1.165) is 55.5 Å². The summed E-state index contributed by atoms with van der Waals surface area (Å²) in [5.41, 5.74) is 1.48. The molecule has 3 heterocycles. The maximum Gasteiger partial charge on any atom is 0.264 e. The van der Waals surface area contributed by atoms with E-state index >= 15 is 0 Å². The van der Waals surface area contributed by atoms with Crippen LogP contribution in [-0.2, 0) is 19.5 Å². The largest absolute Gasteiger partial charge is 0.331 e. The van der Waals surface area contributed by atoms with Crippen LogP contribution in [-0.4, -0.2) is 26.4 Å². The summed E-state index contributed by atoms with van der Waals surface area (Å²) in [7, 11) is 0. The monoisotopic (exact) mass is 425 g/mol. The number of hydrogen-bond donors (Lipinski definition) is 0. The Labute approximate surface area is 178 Å². The van der Waals surface area contributed by atoms with Gasteiger partial charge in [-0.05, 0) is 55.9 Å². The molecule has 0 N–H and O–H groups in total. The average molecular weight is 426 g/mol. The highest BCUT2D eigenvalue weighted by Crippen LogP contribution is 2.34. The molecule has 7 heteroatoms. The Bertz CT molecular complexity index is 1200. The fraction of sp³-hybridized carbons (Fsp3) is 0.435. The van der Waals surface area contributed by atoms with E-state index in [1.807, 2.05) is 17.9 Å². The molecule has 0 saturated heterocycles. The zero-order valence-corrected chi connectivity index (χ0v) is 17.8. The zero-order chi connectivity index (χ0) is 20.8. The third-order valence-electron chi connectivity index (χ3n) is 6.10. The first-order valence-electron chi connectivity index (χ1n) is 10.6. The van der Waals surface area contributed by atoms with Gasteiger partial charge in [-0.1, -0.05) is 18.6 Å². The van der Waals surface area contributed by atoms with Crippen molar-refractivity contribution in [1.29, 1.82) is 0 Å². The van der Waals surface area contributed by atoms with E-state index in [4.69, 9.17) is 4.98 Å². The van der Waals surface area contributed by atoms with Gasteiger partial charge in [0.2, 0.25) is 0 Å². The fourth-order valence-electron chi connectivity index (χ4n) is 4.33. The Balaban J connectivity index is 1.54. The molecule has 5 rings (SSSR count). The summed E-state index contributed by atoms with van der Waals surface area (Å²) in [6, 6.07) is 6.57. The van der Waals surface area contributed by atoms with Gasteiger partial charge in [0.1, 0.15) is 16.5 Å². The summed E-state index contributed by atoms with van der Waals surface area (Å²) >= 11 is 1.32. The second kappa shape index (κ2) is 7.61. The number of halogens is 1. The van der Waals surface area contributed by atoms with Crippen LogP contribution >= 0.6 is 11.3 Å². The van der Waals surface area contributed by atoms with E-state index in [1.165, 1.54) is 23.5 Å². The smallest absolute Gasteiger partial charge is 0.264 e. The van der Waals surface area contributed by atoms with Crippen LogP contribution < -0.4 is 5.56 Å². The normalized spacial score (nSPS) is 16.3. The van der Waals surface area contributed by atoms with E-state index in [-0.39, 0.29) is 23.3 Å². The van der Waals surface area contributed by atoms with Gasteiger partial charge in [0.25, 0.3) is 11.5 Å². The summed E-state index contributed by atoms with van der Waals surface area (Å²) in [6.45, 7) is 2.92. The van der Waals surface area contributed by atoms with E-state index in [9.17, 15) is 14.0 Å². The van der Waals surface area contributed by atoms with Crippen molar-refractivity contribution in [2.45, 2.75) is 64.6 Å². The summed E-state index contributed by atoms with van der Waals surface area (Å²) in [6.07, 6.45) is 5.85. The van der Waals surface area contributed by atoms with E-state index in [1.54, 1.807) is 10.6 Å². The van der Waals surface area contributed by atoms with Crippen molar-refractivity contribution in [3.05, 3.63) is 62.3 Å². The molecular weight excluding hydrogens is 401 g/mol. The minimum Gasteiger partial charge on any atom is -0.331 e. The Kier molecular flexibility index (Phi) is 4.93. The number of carbonyl (C=O) groups excluding carboxylic acids is 1. The molecule has 5 nitrogen and oxygen atoms in total. The molecule has 1 amide bonds. The van der Waals surface area contributed by atoms with Crippen LogP contribution in [0.2, 0.25) is 0 Å². The van der Waals surface area contributed by atoms with Crippen LogP contribution in [0.15, 0.2) is 29.1 Å². The summed E-state index contributed by atoms with van der Waals surface area (Å²) in [4.78, 5) is 34.5. The van der Waals surface area contributed by atoms with Gasteiger partial charge in [-0.3, -0.25) is 14.2 Å². The van der Waals surface area contributed by atoms with Crippen LogP contribution in [0, 0.1) is 12.7 Å². The van der Waals surface area contributed by atoms with Gasteiger partial charge >= 0.3 is 0 Å². The summed E-state index contributed by atoms with van der Waals surface area (Å²) < 4.78 is 15.4. The first-order valence-corrected chi connectivity index (χ1v) is 11.4. The molecule has 0 bridgehead atoms. The maximum atomic E-state index is 13.6. The fourth-order valence-corrected chi connectivity index (χ4v) is 5.48. The second-order valence-electron chi connectivity index (χ2n) is 8.33. The standard InChI is InChI=1S/C23H24FN3O2S/c1-14-19-21(25-18-8-3-2-4-11-26(18)22(19)28)30-20(14)23(29)27(17-9-10-17)13-15-6-5-7-16(24)12-15/h5-7,12,17H,2-4,8-11,13H2,1H3. The van der Waals surface area contributed by atoms with E-state index in [2.05, 4.69) is 0 Å². The number of benzene rings is 1. The second-order valence-corrected chi connectivity index (χ2v) is 9.33. The summed E-state index contributed by atoms with van der Waals surface area (Å²) in [5.74, 6) is 0.457. The molecule has 0 spiro atoms. The molecule has 30 heavy (non-hydrogen) atoms. The van der Waals surface area contributed by atoms with Gasteiger partial charge in [0.05, 0.1) is 10.3 Å². The molecule has 1 aliphatic carbocycles. The highest BCUT2D eigenvalue weighted by molar-refractivity contribution is 7.20. The number of aromatic nitrogens is 2. The number of nitrogens with zero attached hydrogens (tertiary/aromatic N) is 3. The lowest BCUT2D eigenvalue weighted by atomic mass is 10.1. The number of aryl methyl sites for hydroxylation is 2. The van der Waals surface area contributed by atoms with Crippen molar-refractivity contribution in [1.82, 2.24) is 14.5 Å². The Morgan fingerprint density at radius 3 is 2.90 bits per heavy atom. The van der Waals surface area contributed by atoms with Crippen molar-refractivity contribution in [2.75, 3.05) is 0 Å². The highest BCUT2D eigenvalue weighted by Gasteiger charge is 2.35. The van der Waals surface area contributed by atoms with E-state index < -0.39 is 0 Å². The molecule has 0 atom stereocenters. The number of thiophene rings is 1. The third-order valence-corrected chi connectivity index (χ3v) is 7.27. The molecule has 1 aliphatic heterocycles. The number of rotatable bonds is 4. The number of fused-ring (bicyclic) bond motifs is 2. The molecule has 1 fully saturated rings. The molecule has 2 aliphatic rings. The molecule has 0 unspecified atom stereocenters. The minimum absolute atomic E-state index is 0.0206. The molecular formula is C23H24FN3O2S. The van der Waals surface area contributed by atoms with Crippen molar-refractivity contribution >= 4 is 27.5 Å². The molecule has 1 aromatic carbocycles. The van der Waals surface area contributed by atoms with Crippen molar-refractivity contribution in [3.8, 4) is 0 Å². The van der Waals surface area contributed by atoms with Crippen LogP contribution in [0.1, 0.15) is 58.7 Å². The zero-order valence-electron chi connectivity index (χ0n) is 17.0. The van der Waals surface area contributed by atoms with Gasteiger partial charge < -0.3 is 4.90 Å². The maximum absolute atomic E-state index is 13.6. The quantitative estimate of drug-likeness (QED) is 0.621. The molecule has 3 aromatic rings. The van der Waals surface area contributed by atoms with Crippen molar-refractivity contribution in [3.63, 3.8) is 0 Å². The highest BCUT2D eigenvalue weighted by atomic mass is 32.1. The van der Waals surface area contributed by atoms with Crippen LogP contribution in [0.3, 0.4) is 0 Å². The SMILES string of the molecule is Cc1c(C(=O)N(Cc2cccc(F)c2)C2CC2)sc2nc3n(c(=O)c12)CCCCC3. The Morgan fingerprint density at radius 1 is 1.30 bits per heavy atom. The average Bonchev–Trinajstić information content (AvgIpc) is 3.53.